The zero-order valence-corrected chi connectivity index (χ0v) is 17.7. The van der Waals surface area contributed by atoms with Crippen LogP contribution in [0.4, 0.5) is 4.79 Å². The lowest BCUT2D eigenvalue weighted by Gasteiger charge is -2.23. The average Bonchev–Trinajstić information content (AvgIpc) is 2.49. The van der Waals surface area contributed by atoms with Crippen molar-refractivity contribution in [3.05, 3.63) is 23.3 Å². The summed E-state index contributed by atoms with van der Waals surface area (Å²) < 4.78 is 21.6. The lowest BCUT2D eigenvalue weighted by Crippen LogP contribution is -2.28. The maximum Gasteiger partial charge on any atom is 0.514 e. The molecule has 27 heavy (non-hydrogen) atoms. The standard InChI is InChI=1S/C21H32O6/c1-9-10-11-14-12-13-15(24-8)16(18(22)26-20(2,3)4)17(14)25-19(23)27-21(5,6)7/h12-13H,9-11H2,1-8H3. The highest BCUT2D eigenvalue weighted by molar-refractivity contribution is 5.97. The van der Waals surface area contributed by atoms with Crippen molar-refractivity contribution in [3.8, 4) is 11.5 Å². The van der Waals surface area contributed by atoms with Gasteiger partial charge in [0, 0.05) is 0 Å². The van der Waals surface area contributed by atoms with Gasteiger partial charge in [0.1, 0.15) is 22.5 Å². The summed E-state index contributed by atoms with van der Waals surface area (Å²) in [6.07, 6.45) is 1.61. The second-order valence-electron chi connectivity index (χ2n) is 8.30. The van der Waals surface area contributed by atoms with E-state index in [-0.39, 0.29) is 17.1 Å². The molecule has 0 spiro atoms. The van der Waals surface area contributed by atoms with Crippen LogP contribution in [-0.4, -0.2) is 30.4 Å². The Bertz CT molecular complexity index is 664. The largest absolute Gasteiger partial charge is 0.514 e. The van der Waals surface area contributed by atoms with Gasteiger partial charge in [0.25, 0.3) is 0 Å². The van der Waals surface area contributed by atoms with E-state index in [2.05, 4.69) is 6.92 Å². The van der Waals surface area contributed by atoms with Gasteiger partial charge in [-0.05, 0) is 66.0 Å². The van der Waals surface area contributed by atoms with Gasteiger partial charge in [-0.2, -0.15) is 0 Å². The highest BCUT2D eigenvalue weighted by Gasteiger charge is 2.29. The molecular formula is C21H32O6. The van der Waals surface area contributed by atoms with Crippen molar-refractivity contribution in [1.82, 2.24) is 0 Å². The molecule has 0 aliphatic rings. The summed E-state index contributed by atoms with van der Waals surface area (Å²) >= 11 is 0. The second-order valence-corrected chi connectivity index (χ2v) is 8.30. The third kappa shape index (κ3) is 7.49. The molecule has 1 rings (SSSR count). The number of aryl methyl sites for hydroxylation is 1. The first-order valence-electron chi connectivity index (χ1n) is 9.22. The highest BCUT2D eigenvalue weighted by atomic mass is 16.7. The van der Waals surface area contributed by atoms with Gasteiger partial charge in [-0.15, -0.1) is 0 Å². The fraction of sp³-hybridized carbons (Fsp3) is 0.619. The lowest BCUT2D eigenvalue weighted by molar-refractivity contribution is 0.00573. The Hall–Kier alpha value is -2.24. The van der Waals surface area contributed by atoms with E-state index < -0.39 is 23.3 Å². The smallest absolute Gasteiger partial charge is 0.496 e. The highest BCUT2D eigenvalue weighted by Crippen LogP contribution is 2.35. The van der Waals surface area contributed by atoms with E-state index in [0.29, 0.717) is 6.42 Å². The molecule has 0 unspecified atom stereocenters. The topological polar surface area (TPSA) is 71.1 Å². The summed E-state index contributed by atoms with van der Waals surface area (Å²) in [6.45, 7) is 12.6. The molecule has 0 saturated carbocycles. The number of rotatable bonds is 6. The van der Waals surface area contributed by atoms with Crippen molar-refractivity contribution in [1.29, 1.82) is 0 Å². The molecule has 6 heteroatoms. The zero-order valence-electron chi connectivity index (χ0n) is 17.7. The molecular weight excluding hydrogens is 348 g/mol. The zero-order chi connectivity index (χ0) is 20.8. The molecule has 0 aliphatic heterocycles. The summed E-state index contributed by atoms with van der Waals surface area (Å²) in [4.78, 5) is 25.1. The molecule has 0 aliphatic carbocycles. The molecule has 152 valence electrons. The Morgan fingerprint density at radius 3 is 2.04 bits per heavy atom. The number of unbranched alkanes of at least 4 members (excludes halogenated alkanes) is 1. The Balaban J connectivity index is 3.41. The number of methoxy groups -OCH3 is 1. The molecule has 0 N–H and O–H groups in total. The molecule has 1 aromatic rings. The van der Waals surface area contributed by atoms with Crippen molar-refractivity contribution >= 4 is 12.1 Å². The number of carbonyl (C=O) groups is 2. The van der Waals surface area contributed by atoms with Crippen molar-refractivity contribution in [2.75, 3.05) is 7.11 Å². The minimum absolute atomic E-state index is 0.0897. The average molecular weight is 380 g/mol. The van der Waals surface area contributed by atoms with Gasteiger partial charge >= 0.3 is 12.1 Å². The summed E-state index contributed by atoms with van der Waals surface area (Å²) in [6, 6.07) is 3.48. The van der Waals surface area contributed by atoms with E-state index in [1.807, 2.05) is 0 Å². The summed E-state index contributed by atoms with van der Waals surface area (Å²) in [5.41, 5.74) is -0.604. The van der Waals surface area contributed by atoms with Gasteiger partial charge in [-0.3, -0.25) is 0 Å². The predicted octanol–water partition coefficient (Wildman–Crippen LogP) is 5.31. The minimum Gasteiger partial charge on any atom is -0.496 e. The number of esters is 1. The van der Waals surface area contributed by atoms with Gasteiger partial charge in [0.2, 0.25) is 0 Å². The van der Waals surface area contributed by atoms with Gasteiger partial charge < -0.3 is 18.9 Å². The van der Waals surface area contributed by atoms with E-state index in [1.165, 1.54) is 7.11 Å². The molecule has 0 aromatic heterocycles. The van der Waals surface area contributed by atoms with E-state index in [0.717, 1.165) is 18.4 Å². The molecule has 0 fully saturated rings. The minimum atomic E-state index is -0.877. The normalized spacial score (nSPS) is 11.7. The van der Waals surface area contributed by atoms with Crippen LogP contribution in [0.15, 0.2) is 12.1 Å². The lowest BCUT2D eigenvalue weighted by atomic mass is 10.0. The molecule has 0 radical (unpaired) electrons. The summed E-state index contributed by atoms with van der Waals surface area (Å²) in [5, 5.41) is 0. The van der Waals surface area contributed by atoms with Crippen LogP contribution in [0.1, 0.15) is 77.2 Å². The van der Waals surface area contributed by atoms with Crippen LogP contribution in [-0.2, 0) is 15.9 Å². The van der Waals surface area contributed by atoms with Crippen molar-refractivity contribution < 1.29 is 28.5 Å². The second kappa shape index (κ2) is 9.11. The predicted molar refractivity (Wildman–Crippen MR) is 104 cm³/mol. The van der Waals surface area contributed by atoms with E-state index in [9.17, 15) is 9.59 Å². The maximum absolute atomic E-state index is 12.8. The number of hydrogen-bond acceptors (Lipinski definition) is 6. The maximum atomic E-state index is 12.8. The van der Waals surface area contributed by atoms with Gasteiger partial charge in [-0.1, -0.05) is 19.4 Å². The van der Waals surface area contributed by atoms with Crippen LogP contribution in [0.25, 0.3) is 0 Å². The van der Waals surface area contributed by atoms with E-state index in [1.54, 1.807) is 53.7 Å². The van der Waals surface area contributed by atoms with Crippen LogP contribution in [0.2, 0.25) is 0 Å². The molecule has 6 nitrogen and oxygen atoms in total. The molecule has 0 bridgehead atoms. The van der Waals surface area contributed by atoms with E-state index in [4.69, 9.17) is 18.9 Å². The van der Waals surface area contributed by atoms with Crippen molar-refractivity contribution in [3.63, 3.8) is 0 Å². The number of carbonyl (C=O) groups excluding carboxylic acids is 2. The number of ether oxygens (including phenoxy) is 4. The molecule has 1 aromatic carbocycles. The van der Waals surface area contributed by atoms with Gasteiger partial charge in [-0.25, -0.2) is 9.59 Å². The monoisotopic (exact) mass is 380 g/mol. The Morgan fingerprint density at radius 1 is 0.963 bits per heavy atom. The van der Waals surface area contributed by atoms with Crippen LogP contribution in [0, 0.1) is 0 Å². The summed E-state index contributed by atoms with van der Waals surface area (Å²) in [5.74, 6) is -0.203. The SMILES string of the molecule is CCCCc1ccc(OC)c(C(=O)OC(C)(C)C)c1OC(=O)OC(C)(C)C. The van der Waals surface area contributed by atoms with Crippen LogP contribution in [0.5, 0.6) is 11.5 Å². The molecule has 0 amide bonds. The Morgan fingerprint density at radius 2 is 1.56 bits per heavy atom. The van der Waals surface area contributed by atoms with Crippen LogP contribution < -0.4 is 9.47 Å². The van der Waals surface area contributed by atoms with Crippen molar-refractivity contribution in [2.45, 2.75) is 78.9 Å². The number of hydrogen-bond donors (Lipinski definition) is 0. The fourth-order valence-corrected chi connectivity index (χ4v) is 2.34. The first-order valence-corrected chi connectivity index (χ1v) is 9.22. The Labute approximate surface area is 162 Å². The van der Waals surface area contributed by atoms with Gasteiger partial charge in [0.05, 0.1) is 7.11 Å². The molecule has 0 atom stereocenters. The van der Waals surface area contributed by atoms with Crippen LogP contribution in [0.3, 0.4) is 0 Å². The van der Waals surface area contributed by atoms with Gasteiger partial charge in [0.15, 0.2) is 5.75 Å². The molecule has 0 heterocycles. The fourth-order valence-electron chi connectivity index (χ4n) is 2.34. The first kappa shape index (κ1) is 22.8. The summed E-state index contributed by atoms with van der Waals surface area (Å²) in [7, 11) is 1.45. The van der Waals surface area contributed by atoms with Crippen LogP contribution >= 0.6 is 0 Å². The Kier molecular flexibility index (Phi) is 7.69. The number of benzene rings is 1. The van der Waals surface area contributed by atoms with E-state index >= 15 is 0 Å². The third-order valence-corrected chi connectivity index (χ3v) is 3.40. The molecule has 0 saturated heterocycles. The van der Waals surface area contributed by atoms with Crippen molar-refractivity contribution in [2.24, 2.45) is 0 Å². The first-order chi connectivity index (χ1) is 12.4. The third-order valence-electron chi connectivity index (χ3n) is 3.40. The quantitative estimate of drug-likeness (QED) is 0.492.